The zero-order valence-corrected chi connectivity index (χ0v) is 22.3. The quantitative estimate of drug-likeness (QED) is 0.461. The molecule has 0 radical (unpaired) electrons. The lowest BCUT2D eigenvalue weighted by Crippen LogP contribution is -2.55. The Morgan fingerprint density at radius 2 is 1.79 bits per heavy atom. The number of rotatable bonds is 6. The van der Waals surface area contributed by atoms with Gasteiger partial charge in [-0.3, -0.25) is 4.79 Å². The van der Waals surface area contributed by atoms with E-state index >= 15 is 0 Å². The average molecular weight is 540 g/mol. The maximum absolute atomic E-state index is 13.8. The lowest BCUT2D eigenvalue weighted by molar-refractivity contribution is -0.115. The van der Waals surface area contributed by atoms with E-state index in [1.165, 1.54) is 12.4 Å². The van der Waals surface area contributed by atoms with Crippen LogP contribution in [-0.2, 0) is 16.0 Å². The summed E-state index contributed by atoms with van der Waals surface area (Å²) >= 11 is 0. The molecule has 1 N–H and O–H groups in total. The zero-order chi connectivity index (χ0) is 28.2. The van der Waals surface area contributed by atoms with Crippen LogP contribution in [0, 0.1) is 11.6 Å². The number of ether oxygens (including phenoxy) is 2. The van der Waals surface area contributed by atoms with Crippen LogP contribution in [0.5, 0.6) is 11.6 Å². The van der Waals surface area contributed by atoms with Crippen LogP contribution in [0.2, 0.25) is 0 Å². The Labute approximate surface area is 225 Å². The summed E-state index contributed by atoms with van der Waals surface area (Å²) < 4.78 is 38.3. The van der Waals surface area contributed by atoms with Crippen LogP contribution < -0.4 is 15.0 Å². The van der Waals surface area contributed by atoms with Gasteiger partial charge < -0.3 is 24.6 Å². The second-order valence-corrected chi connectivity index (χ2v) is 10.3. The first-order valence-electron chi connectivity index (χ1n) is 12.5. The van der Waals surface area contributed by atoms with Crippen molar-refractivity contribution in [2.24, 2.45) is 0 Å². The molecule has 0 spiro atoms. The van der Waals surface area contributed by atoms with Gasteiger partial charge in [-0.2, -0.15) is 0 Å². The first kappa shape index (κ1) is 27.7. The number of hydrogen-bond acceptors (Lipinski definition) is 7. The Bertz CT molecular complexity index is 1330. The summed E-state index contributed by atoms with van der Waals surface area (Å²) in [5, 5.41) is 2.68. The van der Waals surface area contributed by atoms with Crippen LogP contribution in [0.25, 0.3) is 0 Å². The Morgan fingerprint density at radius 3 is 2.46 bits per heavy atom. The van der Waals surface area contributed by atoms with Gasteiger partial charge >= 0.3 is 6.09 Å². The lowest BCUT2D eigenvalue weighted by Gasteiger charge is -2.40. The molecular formula is C28H31F2N5O4. The average Bonchev–Trinajstić information content (AvgIpc) is 2.86. The van der Waals surface area contributed by atoms with Crippen molar-refractivity contribution in [2.45, 2.75) is 45.8 Å². The molecule has 206 valence electrons. The summed E-state index contributed by atoms with van der Waals surface area (Å²) in [4.78, 5) is 37.1. The van der Waals surface area contributed by atoms with Crippen molar-refractivity contribution in [3.63, 3.8) is 0 Å². The highest BCUT2D eigenvalue weighted by molar-refractivity contribution is 5.92. The van der Waals surface area contributed by atoms with Crippen molar-refractivity contribution in [1.82, 2.24) is 14.9 Å². The first-order chi connectivity index (χ1) is 18.5. The predicted octanol–water partition coefficient (Wildman–Crippen LogP) is 5.17. The van der Waals surface area contributed by atoms with Crippen molar-refractivity contribution in [1.29, 1.82) is 0 Å². The second kappa shape index (κ2) is 11.6. The predicted molar refractivity (Wildman–Crippen MR) is 142 cm³/mol. The van der Waals surface area contributed by atoms with Gasteiger partial charge in [-0.15, -0.1) is 0 Å². The maximum atomic E-state index is 13.8. The minimum absolute atomic E-state index is 0.0739. The zero-order valence-electron chi connectivity index (χ0n) is 22.3. The van der Waals surface area contributed by atoms with Crippen LogP contribution in [0.15, 0.2) is 54.9 Å². The van der Waals surface area contributed by atoms with Crippen LogP contribution in [-0.4, -0.2) is 58.1 Å². The summed E-state index contributed by atoms with van der Waals surface area (Å²) in [6.45, 7) is 9.15. The van der Waals surface area contributed by atoms with Gasteiger partial charge in [0.15, 0.2) is 0 Å². The molecule has 1 aliphatic rings. The molecule has 39 heavy (non-hydrogen) atoms. The molecule has 1 aliphatic heterocycles. The molecule has 2 amide bonds. The molecule has 0 saturated carbocycles. The van der Waals surface area contributed by atoms with Crippen molar-refractivity contribution in [3.8, 4) is 11.6 Å². The molecule has 11 heteroatoms. The highest BCUT2D eigenvalue weighted by Crippen LogP contribution is 2.26. The number of amides is 2. The van der Waals surface area contributed by atoms with Crippen molar-refractivity contribution >= 4 is 23.5 Å². The monoisotopic (exact) mass is 539 g/mol. The Morgan fingerprint density at radius 1 is 1.05 bits per heavy atom. The van der Waals surface area contributed by atoms with E-state index < -0.39 is 23.1 Å². The van der Waals surface area contributed by atoms with Crippen molar-refractivity contribution in [2.75, 3.05) is 29.9 Å². The molecule has 1 fully saturated rings. The molecule has 4 rings (SSSR count). The fourth-order valence-corrected chi connectivity index (χ4v) is 4.09. The first-order valence-corrected chi connectivity index (χ1v) is 12.5. The number of carbonyl (C=O) groups excluding carboxylic acids is 2. The smallest absolute Gasteiger partial charge is 0.410 e. The van der Waals surface area contributed by atoms with E-state index in [4.69, 9.17) is 9.47 Å². The molecule has 0 aliphatic carbocycles. The van der Waals surface area contributed by atoms with Gasteiger partial charge in [0.2, 0.25) is 11.8 Å². The van der Waals surface area contributed by atoms with E-state index in [1.54, 1.807) is 35.2 Å². The van der Waals surface area contributed by atoms with Crippen LogP contribution in [0.4, 0.5) is 25.1 Å². The summed E-state index contributed by atoms with van der Waals surface area (Å²) in [5.41, 5.74) is 0.0455. The van der Waals surface area contributed by atoms with Gasteiger partial charge in [0.05, 0.1) is 6.42 Å². The standard InChI is InChI=1S/C28H31F2N5O4/c1-18-16-34(11-12-35(18)27(37)39-28(2,3)4)24-15-26(32-17-31-24)38-22-9-7-21(8-10-22)33-25(36)13-19-5-6-20(29)14-23(19)30/h5-10,14-15,17-18H,11-13,16H2,1-4H3,(H,33,36)/t18-/m1/s1. The van der Waals surface area contributed by atoms with Gasteiger partial charge in [0.1, 0.15) is 35.1 Å². The van der Waals surface area contributed by atoms with E-state index in [1.807, 2.05) is 27.7 Å². The number of carbonyl (C=O) groups is 2. The number of aromatic nitrogens is 2. The molecular weight excluding hydrogens is 508 g/mol. The topological polar surface area (TPSA) is 96.9 Å². The van der Waals surface area contributed by atoms with Gasteiger partial charge in [-0.05, 0) is 63.6 Å². The molecule has 3 aromatic rings. The normalized spacial score (nSPS) is 15.6. The van der Waals surface area contributed by atoms with Gasteiger partial charge in [-0.1, -0.05) is 6.07 Å². The molecule has 2 heterocycles. The number of benzene rings is 2. The highest BCUT2D eigenvalue weighted by Gasteiger charge is 2.31. The molecule has 1 atom stereocenters. The summed E-state index contributed by atoms with van der Waals surface area (Å²) in [6.07, 6.45) is 0.862. The minimum Gasteiger partial charge on any atom is -0.444 e. The Hall–Kier alpha value is -4.28. The summed E-state index contributed by atoms with van der Waals surface area (Å²) in [7, 11) is 0. The molecule has 9 nitrogen and oxygen atoms in total. The lowest BCUT2D eigenvalue weighted by atomic mass is 10.1. The van der Waals surface area contributed by atoms with E-state index in [2.05, 4.69) is 20.2 Å². The number of nitrogens with one attached hydrogen (secondary N) is 1. The van der Waals surface area contributed by atoms with Gasteiger partial charge in [0.25, 0.3) is 0 Å². The molecule has 0 unspecified atom stereocenters. The molecule has 1 saturated heterocycles. The van der Waals surface area contributed by atoms with E-state index in [-0.39, 0.29) is 24.1 Å². The van der Waals surface area contributed by atoms with E-state index in [9.17, 15) is 18.4 Å². The number of halogens is 2. The fourth-order valence-electron chi connectivity index (χ4n) is 4.09. The third-order valence-corrected chi connectivity index (χ3v) is 5.93. The maximum Gasteiger partial charge on any atom is 0.410 e. The number of hydrogen-bond donors (Lipinski definition) is 1. The number of nitrogens with zero attached hydrogens (tertiary/aromatic N) is 4. The van der Waals surface area contributed by atoms with Crippen LogP contribution >= 0.6 is 0 Å². The third-order valence-electron chi connectivity index (χ3n) is 5.93. The fraction of sp³-hybridized carbons (Fsp3) is 0.357. The minimum atomic E-state index is -0.766. The van der Waals surface area contributed by atoms with Crippen molar-refractivity contribution < 1.29 is 27.8 Å². The van der Waals surface area contributed by atoms with Gasteiger partial charge in [-0.25, -0.2) is 23.5 Å². The van der Waals surface area contributed by atoms with Gasteiger partial charge in [0, 0.05) is 43.5 Å². The Kier molecular flexibility index (Phi) is 8.27. The third kappa shape index (κ3) is 7.62. The van der Waals surface area contributed by atoms with E-state index in [0.29, 0.717) is 42.8 Å². The number of anilines is 2. The SMILES string of the molecule is C[C@@H]1CN(c2cc(Oc3ccc(NC(=O)Cc4ccc(F)cc4F)cc3)ncn2)CCN1C(=O)OC(C)(C)C. The van der Waals surface area contributed by atoms with E-state index in [0.717, 1.165) is 12.1 Å². The largest absolute Gasteiger partial charge is 0.444 e. The number of piperazine rings is 1. The highest BCUT2D eigenvalue weighted by atomic mass is 19.1. The Balaban J connectivity index is 1.33. The summed E-state index contributed by atoms with van der Waals surface area (Å²) in [5.74, 6) is -0.393. The van der Waals surface area contributed by atoms with Crippen LogP contribution in [0.1, 0.15) is 33.3 Å². The summed E-state index contributed by atoms with van der Waals surface area (Å²) in [6, 6.07) is 11.4. The van der Waals surface area contributed by atoms with Crippen LogP contribution in [0.3, 0.4) is 0 Å². The molecule has 1 aromatic heterocycles. The van der Waals surface area contributed by atoms with Crippen molar-refractivity contribution in [3.05, 3.63) is 72.1 Å². The molecule has 0 bridgehead atoms. The molecule has 2 aromatic carbocycles. The second-order valence-electron chi connectivity index (χ2n) is 10.3.